The first-order valence-corrected chi connectivity index (χ1v) is 4.67. The Balaban J connectivity index is 3.23. The minimum atomic E-state index is -0.00322. The summed E-state index contributed by atoms with van der Waals surface area (Å²) in [6.45, 7) is 8.35. The van der Waals surface area contributed by atoms with Crippen molar-refractivity contribution in [2.24, 2.45) is 0 Å². The molecule has 0 radical (unpaired) electrons. The van der Waals surface area contributed by atoms with Crippen molar-refractivity contribution in [3.63, 3.8) is 0 Å². The van der Waals surface area contributed by atoms with Gasteiger partial charge in [-0.1, -0.05) is 20.8 Å². The Kier molecular flexibility index (Phi) is 2.60. The normalized spacial score (nSPS) is 11.7. The molecule has 0 aliphatic carbocycles. The number of pyridine rings is 1. The minimum Gasteiger partial charge on any atom is -0.326 e. The fourth-order valence-electron chi connectivity index (χ4n) is 1.24. The molecule has 2 nitrogen and oxygen atoms in total. The van der Waals surface area contributed by atoms with Crippen LogP contribution in [0.4, 0.5) is 0 Å². The highest BCUT2D eigenvalue weighted by atomic mass is 16.1. The van der Waals surface area contributed by atoms with Crippen LogP contribution in [0.15, 0.2) is 16.9 Å². The molecular formula is C11H17NO. The maximum Gasteiger partial charge on any atom is 0.248 e. The highest BCUT2D eigenvalue weighted by molar-refractivity contribution is 5.20. The first-order valence-electron chi connectivity index (χ1n) is 4.67. The molecule has 1 N–H and O–H groups in total. The summed E-state index contributed by atoms with van der Waals surface area (Å²) in [4.78, 5) is 14.1. The van der Waals surface area contributed by atoms with Crippen LogP contribution in [0.1, 0.15) is 38.4 Å². The maximum atomic E-state index is 11.2. The van der Waals surface area contributed by atoms with Crippen LogP contribution in [-0.2, 0) is 5.41 Å². The largest absolute Gasteiger partial charge is 0.326 e. The molecule has 0 saturated heterocycles. The molecule has 0 unspecified atom stereocenters. The fraction of sp³-hybridized carbons (Fsp3) is 0.545. The van der Waals surface area contributed by atoms with Gasteiger partial charge in [-0.15, -0.1) is 0 Å². The summed E-state index contributed by atoms with van der Waals surface area (Å²) >= 11 is 0. The number of aromatic nitrogens is 1. The van der Waals surface area contributed by atoms with Gasteiger partial charge in [0, 0.05) is 17.2 Å². The number of hydrogen-bond acceptors (Lipinski definition) is 1. The van der Waals surface area contributed by atoms with Crippen molar-refractivity contribution in [1.82, 2.24) is 4.98 Å². The quantitative estimate of drug-likeness (QED) is 0.742. The van der Waals surface area contributed by atoms with Gasteiger partial charge in [0.05, 0.1) is 0 Å². The Morgan fingerprint density at radius 1 is 1.38 bits per heavy atom. The van der Waals surface area contributed by atoms with Crippen molar-refractivity contribution < 1.29 is 0 Å². The Morgan fingerprint density at radius 2 is 2.00 bits per heavy atom. The van der Waals surface area contributed by atoms with E-state index in [1.165, 1.54) is 0 Å². The van der Waals surface area contributed by atoms with Gasteiger partial charge < -0.3 is 4.98 Å². The molecule has 0 aromatic carbocycles. The van der Waals surface area contributed by atoms with Gasteiger partial charge >= 0.3 is 0 Å². The third-order valence-corrected chi connectivity index (χ3v) is 2.60. The van der Waals surface area contributed by atoms with E-state index in [1.54, 1.807) is 6.07 Å². The molecule has 1 heterocycles. The van der Waals surface area contributed by atoms with Gasteiger partial charge in [-0.2, -0.15) is 0 Å². The second-order valence-electron chi connectivity index (χ2n) is 4.17. The van der Waals surface area contributed by atoms with Crippen molar-refractivity contribution in [2.45, 2.75) is 39.5 Å². The average Bonchev–Trinajstić information content (AvgIpc) is 2.02. The lowest BCUT2D eigenvalue weighted by Crippen LogP contribution is -2.21. The Labute approximate surface area is 79.0 Å². The molecule has 0 atom stereocenters. The molecule has 2 heteroatoms. The lowest BCUT2D eigenvalue weighted by Gasteiger charge is -2.22. The summed E-state index contributed by atoms with van der Waals surface area (Å²) in [6.07, 6.45) is 1.02. The highest BCUT2D eigenvalue weighted by Gasteiger charge is 2.18. The third-order valence-electron chi connectivity index (χ3n) is 2.60. The molecule has 0 saturated carbocycles. The second kappa shape index (κ2) is 3.36. The standard InChI is InChI=1S/C11H17NO/c1-5-11(3,4)9-6-8(2)7-10(13)12-9/h6-7H,5H2,1-4H3,(H,12,13). The van der Waals surface area contributed by atoms with E-state index in [9.17, 15) is 4.79 Å². The minimum absolute atomic E-state index is 0.00322. The van der Waals surface area contributed by atoms with E-state index in [4.69, 9.17) is 0 Å². The molecule has 0 amide bonds. The van der Waals surface area contributed by atoms with E-state index in [0.717, 1.165) is 17.7 Å². The molecular weight excluding hydrogens is 162 g/mol. The van der Waals surface area contributed by atoms with E-state index in [2.05, 4.69) is 25.8 Å². The first kappa shape index (κ1) is 10.0. The van der Waals surface area contributed by atoms with Crippen LogP contribution in [0, 0.1) is 6.92 Å². The SMILES string of the molecule is CCC(C)(C)c1cc(C)cc(=O)[nH]1. The number of aromatic amines is 1. The van der Waals surface area contributed by atoms with Gasteiger partial charge in [-0.25, -0.2) is 0 Å². The van der Waals surface area contributed by atoms with E-state index in [1.807, 2.05) is 13.0 Å². The smallest absolute Gasteiger partial charge is 0.248 e. The summed E-state index contributed by atoms with van der Waals surface area (Å²) < 4.78 is 0. The topological polar surface area (TPSA) is 32.9 Å². The zero-order valence-electron chi connectivity index (χ0n) is 8.77. The molecule has 0 fully saturated rings. The van der Waals surface area contributed by atoms with Gasteiger partial charge in [0.25, 0.3) is 0 Å². The number of nitrogens with one attached hydrogen (secondary N) is 1. The summed E-state index contributed by atoms with van der Waals surface area (Å²) in [5, 5.41) is 0. The Bertz CT molecular complexity index is 349. The lowest BCUT2D eigenvalue weighted by atomic mass is 9.85. The predicted octanol–water partition coefficient (Wildman–Crippen LogP) is 2.37. The van der Waals surface area contributed by atoms with Crippen molar-refractivity contribution in [1.29, 1.82) is 0 Å². The van der Waals surface area contributed by atoms with Crippen LogP contribution in [0.5, 0.6) is 0 Å². The maximum absolute atomic E-state index is 11.2. The molecule has 0 aliphatic rings. The number of H-pyrrole nitrogens is 1. The number of hydrogen-bond donors (Lipinski definition) is 1. The molecule has 0 aliphatic heterocycles. The fourth-order valence-corrected chi connectivity index (χ4v) is 1.24. The number of aryl methyl sites for hydroxylation is 1. The van der Waals surface area contributed by atoms with Crippen LogP contribution in [0.3, 0.4) is 0 Å². The van der Waals surface area contributed by atoms with Crippen molar-refractivity contribution >= 4 is 0 Å². The van der Waals surface area contributed by atoms with Crippen LogP contribution < -0.4 is 5.56 Å². The van der Waals surface area contributed by atoms with E-state index < -0.39 is 0 Å². The van der Waals surface area contributed by atoms with Crippen molar-refractivity contribution in [2.75, 3.05) is 0 Å². The Morgan fingerprint density at radius 3 is 2.46 bits per heavy atom. The first-order chi connectivity index (χ1) is 5.95. The molecule has 0 bridgehead atoms. The van der Waals surface area contributed by atoms with Crippen LogP contribution in [0.2, 0.25) is 0 Å². The van der Waals surface area contributed by atoms with Crippen LogP contribution in [0.25, 0.3) is 0 Å². The second-order valence-corrected chi connectivity index (χ2v) is 4.17. The summed E-state index contributed by atoms with van der Waals surface area (Å²) in [5.74, 6) is 0. The van der Waals surface area contributed by atoms with Crippen molar-refractivity contribution in [3.05, 3.63) is 33.7 Å². The van der Waals surface area contributed by atoms with E-state index in [-0.39, 0.29) is 11.0 Å². The molecule has 1 aromatic heterocycles. The number of rotatable bonds is 2. The molecule has 72 valence electrons. The van der Waals surface area contributed by atoms with Crippen LogP contribution >= 0.6 is 0 Å². The molecule has 0 spiro atoms. The monoisotopic (exact) mass is 179 g/mol. The zero-order valence-corrected chi connectivity index (χ0v) is 8.77. The zero-order chi connectivity index (χ0) is 10.1. The summed E-state index contributed by atoms with van der Waals surface area (Å²) in [6, 6.07) is 3.67. The molecule has 1 aromatic rings. The summed E-state index contributed by atoms with van der Waals surface area (Å²) in [5.41, 5.74) is 2.11. The summed E-state index contributed by atoms with van der Waals surface area (Å²) in [7, 11) is 0. The van der Waals surface area contributed by atoms with Gasteiger partial charge in [0.15, 0.2) is 0 Å². The average molecular weight is 179 g/mol. The van der Waals surface area contributed by atoms with Crippen LogP contribution in [-0.4, -0.2) is 4.98 Å². The molecule has 13 heavy (non-hydrogen) atoms. The third kappa shape index (κ3) is 2.20. The lowest BCUT2D eigenvalue weighted by molar-refractivity contribution is 0.488. The van der Waals surface area contributed by atoms with E-state index >= 15 is 0 Å². The Hall–Kier alpha value is -1.05. The van der Waals surface area contributed by atoms with Crippen molar-refractivity contribution in [3.8, 4) is 0 Å². The predicted molar refractivity (Wildman–Crippen MR) is 55.1 cm³/mol. The van der Waals surface area contributed by atoms with E-state index in [0.29, 0.717) is 0 Å². The van der Waals surface area contributed by atoms with Gasteiger partial charge in [0.1, 0.15) is 0 Å². The molecule has 1 rings (SSSR count). The van der Waals surface area contributed by atoms with Gasteiger partial charge in [0.2, 0.25) is 5.56 Å². The van der Waals surface area contributed by atoms with Gasteiger partial charge in [-0.05, 0) is 25.0 Å². The highest BCUT2D eigenvalue weighted by Crippen LogP contribution is 2.24. The van der Waals surface area contributed by atoms with Gasteiger partial charge in [-0.3, -0.25) is 4.79 Å².